The lowest BCUT2D eigenvalue weighted by Gasteiger charge is -2.44. The van der Waals surface area contributed by atoms with Crippen LogP contribution >= 0.6 is 35.7 Å². The third kappa shape index (κ3) is 5.26. The van der Waals surface area contributed by atoms with Gasteiger partial charge in [-0.15, -0.1) is 24.0 Å². The molecular weight excluding hydrogens is 491 g/mol. The van der Waals surface area contributed by atoms with Gasteiger partial charge in [-0.05, 0) is 25.0 Å². The number of morpholine rings is 2. The first-order valence-electron chi connectivity index (χ1n) is 10.4. The number of aliphatic imine (C=N–C) groups is 1. The van der Waals surface area contributed by atoms with Crippen molar-refractivity contribution in [3.63, 3.8) is 0 Å². The van der Waals surface area contributed by atoms with E-state index in [-0.39, 0.29) is 41.7 Å². The van der Waals surface area contributed by atoms with Crippen LogP contribution in [0.5, 0.6) is 0 Å². The van der Waals surface area contributed by atoms with Gasteiger partial charge in [0.15, 0.2) is 5.96 Å². The molecule has 7 nitrogen and oxygen atoms in total. The van der Waals surface area contributed by atoms with E-state index in [4.69, 9.17) is 14.2 Å². The Morgan fingerprint density at radius 3 is 2.64 bits per heavy atom. The van der Waals surface area contributed by atoms with Crippen molar-refractivity contribution >= 4 is 41.7 Å². The van der Waals surface area contributed by atoms with Crippen LogP contribution in [0.4, 0.5) is 0 Å². The molecular formula is C19H35IN4O3S. The summed E-state index contributed by atoms with van der Waals surface area (Å²) in [5.74, 6) is 3.44. The molecule has 0 saturated carbocycles. The molecule has 4 aliphatic rings. The highest BCUT2D eigenvalue weighted by molar-refractivity contribution is 14.0. The smallest absolute Gasteiger partial charge is 0.193 e. The van der Waals surface area contributed by atoms with Crippen molar-refractivity contribution in [2.45, 2.75) is 37.0 Å². The molecule has 4 heterocycles. The number of hydrogen-bond acceptors (Lipinski definition) is 6. The van der Waals surface area contributed by atoms with Crippen LogP contribution in [0.3, 0.4) is 0 Å². The average molecular weight is 526 g/mol. The van der Waals surface area contributed by atoms with Gasteiger partial charge in [-0.3, -0.25) is 9.89 Å². The third-order valence-electron chi connectivity index (χ3n) is 6.32. The quantitative estimate of drug-likeness (QED) is 0.337. The zero-order chi connectivity index (χ0) is 18.5. The molecule has 0 bridgehead atoms. The van der Waals surface area contributed by atoms with E-state index in [2.05, 4.69) is 31.9 Å². The standard InChI is InChI=1S/C19H34N4O3S.HI/c1-20-18(22-5-11-26-17(13-22)16-3-2-8-25-16)21-14-19(4-12-27-15-19)23-6-9-24-10-7-23;/h16-17H,2-15H2,1H3,(H,20,21);1H. The summed E-state index contributed by atoms with van der Waals surface area (Å²) in [6.45, 7) is 8.12. The first-order chi connectivity index (χ1) is 13.3. The summed E-state index contributed by atoms with van der Waals surface area (Å²) in [5.41, 5.74) is 0.227. The highest BCUT2D eigenvalue weighted by atomic mass is 127. The molecule has 28 heavy (non-hydrogen) atoms. The van der Waals surface area contributed by atoms with Crippen LogP contribution in [0.15, 0.2) is 4.99 Å². The minimum absolute atomic E-state index is 0. The fourth-order valence-electron chi connectivity index (χ4n) is 4.70. The zero-order valence-corrected chi connectivity index (χ0v) is 20.1. The Hall–Kier alpha value is 0.190. The fourth-order valence-corrected chi connectivity index (χ4v) is 6.18. The number of hydrogen-bond donors (Lipinski definition) is 1. The Morgan fingerprint density at radius 2 is 1.96 bits per heavy atom. The van der Waals surface area contributed by atoms with Crippen molar-refractivity contribution in [1.29, 1.82) is 0 Å². The summed E-state index contributed by atoms with van der Waals surface area (Å²) < 4.78 is 17.4. The molecule has 0 aromatic rings. The summed E-state index contributed by atoms with van der Waals surface area (Å²) >= 11 is 2.07. The second kappa shape index (κ2) is 11.0. The lowest BCUT2D eigenvalue weighted by Crippen LogP contribution is -2.61. The van der Waals surface area contributed by atoms with Gasteiger partial charge in [0.2, 0.25) is 0 Å². The van der Waals surface area contributed by atoms with Gasteiger partial charge in [-0.1, -0.05) is 0 Å². The average Bonchev–Trinajstić information content (AvgIpc) is 3.42. The van der Waals surface area contributed by atoms with Crippen molar-refractivity contribution in [3.05, 3.63) is 0 Å². The zero-order valence-electron chi connectivity index (χ0n) is 16.9. The van der Waals surface area contributed by atoms with Gasteiger partial charge in [-0.2, -0.15) is 11.8 Å². The number of rotatable bonds is 4. The molecule has 3 atom stereocenters. The Bertz CT molecular complexity index is 509. The second-order valence-corrected chi connectivity index (χ2v) is 9.04. The van der Waals surface area contributed by atoms with Crippen LogP contribution in [0.1, 0.15) is 19.3 Å². The predicted molar refractivity (Wildman–Crippen MR) is 124 cm³/mol. The van der Waals surface area contributed by atoms with Gasteiger partial charge in [0.25, 0.3) is 0 Å². The topological polar surface area (TPSA) is 58.6 Å². The van der Waals surface area contributed by atoms with Crippen LogP contribution in [0, 0.1) is 0 Å². The highest BCUT2D eigenvalue weighted by Crippen LogP contribution is 2.33. The van der Waals surface area contributed by atoms with Gasteiger partial charge in [0, 0.05) is 57.7 Å². The van der Waals surface area contributed by atoms with E-state index in [1.807, 2.05) is 7.05 Å². The largest absolute Gasteiger partial charge is 0.379 e. The van der Waals surface area contributed by atoms with Crippen molar-refractivity contribution < 1.29 is 14.2 Å². The van der Waals surface area contributed by atoms with Crippen LogP contribution in [0.25, 0.3) is 0 Å². The normalized spacial score (nSPS) is 35.0. The van der Waals surface area contributed by atoms with E-state index in [0.717, 1.165) is 78.0 Å². The summed E-state index contributed by atoms with van der Waals surface area (Å²) in [7, 11) is 1.89. The second-order valence-electron chi connectivity index (χ2n) is 7.93. The lowest BCUT2D eigenvalue weighted by atomic mass is 9.95. The summed E-state index contributed by atoms with van der Waals surface area (Å²) in [5, 5.41) is 3.71. The molecule has 3 unspecified atom stereocenters. The molecule has 4 saturated heterocycles. The Morgan fingerprint density at radius 1 is 1.14 bits per heavy atom. The Kier molecular flexibility index (Phi) is 8.98. The summed E-state index contributed by atoms with van der Waals surface area (Å²) in [4.78, 5) is 9.59. The Labute approximate surface area is 190 Å². The maximum atomic E-state index is 6.00. The molecule has 0 spiro atoms. The number of thioether (sulfide) groups is 1. The van der Waals surface area contributed by atoms with Gasteiger partial charge < -0.3 is 24.4 Å². The summed E-state index contributed by atoms with van der Waals surface area (Å²) in [6, 6.07) is 0. The molecule has 4 fully saturated rings. The van der Waals surface area contributed by atoms with Crippen LogP contribution in [-0.2, 0) is 14.2 Å². The van der Waals surface area contributed by atoms with Gasteiger partial charge in [0.05, 0.1) is 25.9 Å². The van der Waals surface area contributed by atoms with Crippen molar-refractivity contribution in [3.8, 4) is 0 Å². The summed E-state index contributed by atoms with van der Waals surface area (Å²) in [6.07, 6.45) is 3.91. The molecule has 0 radical (unpaired) electrons. The lowest BCUT2D eigenvalue weighted by molar-refractivity contribution is -0.0818. The number of ether oxygens (including phenoxy) is 3. The van der Waals surface area contributed by atoms with Crippen molar-refractivity contribution in [1.82, 2.24) is 15.1 Å². The first kappa shape index (κ1) is 22.9. The van der Waals surface area contributed by atoms with Crippen molar-refractivity contribution in [2.75, 3.05) is 77.7 Å². The maximum absolute atomic E-state index is 6.00. The number of nitrogens with zero attached hydrogens (tertiary/aromatic N) is 3. The van der Waals surface area contributed by atoms with Crippen LogP contribution in [0.2, 0.25) is 0 Å². The predicted octanol–water partition coefficient (Wildman–Crippen LogP) is 1.27. The van der Waals surface area contributed by atoms with E-state index in [0.29, 0.717) is 0 Å². The van der Waals surface area contributed by atoms with Crippen LogP contribution < -0.4 is 5.32 Å². The van der Waals surface area contributed by atoms with E-state index in [9.17, 15) is 0 Å². The molecule has 0 aromatic heterocycles. The van der Waals surface area contributed by atoms with E-state index < -0.39 is 0 Å². The molecule has 162 valence electrons. The van der Waals surface area contributed by atoms with E-state index in [1.54, 1.807) is 0 Å². The van der Waals surface area contributed by atoms with E-state index >= 15 is 0 Å². The molecule has 1 N–H and O–H groups in total. The van der Waals surface area contributed by atoms with Gasteiger partial charge in [-0.25, -0.2) is 0 Å². The molecule has 4 rings (SSSR count). The van der Waals surface area contributed by atoms with Crippen LogP contribution in [-0.4, -0.2) is 111 Å². The van der Waals surface area contributed by atoms with E-state index in [1.165, 1.54) is 17.9 Å². The van der Waals surface area contributed by atoms with Crippen molar-refractivity contribution in [2.24, 2.45) is 4.99 Å². The molecule has 9 heteroatoms. The minimum atomic E-state index is 0. The maximum Gasteiger partial charge on any atom is 0.193 e. The number of guanidine groups is 1. The molecule has 0 aliphatic carbocycles. The monoisotopic (exact) mass is 526 g/mol. The highest BCUT2D eigenvalue weighted by Gasteiger charge is 2.41. The molecule has 0 amide bonds. The Balaban J connectivity index is 0.00000225. The molecule has 0 aromatic carbocycles. The molecule has 4 aliphatic heterocycles. The minimum Gasteiger partial charge on any atom is -0.379 e. The number of nitrogens with one attached hydrogen (secondary N) is 1. The third-order valence-corrected chi connectivity index (χ3v) is 7.56. The SMILES string of the molecule is CN=C(NCC1(N2CCOCC2)CCSC1)N1CCOC(C2CCCO2)C1.I. The van der Waals surface area contributed by atoms with Gasteiger partial charge >= 0.3 is 0 Å². The fraction of sp³-hybridized carbons (Fsp3) is 0.947. The number of halogens is 1. The van der Waals surface area contributed by atoms with Gasteiger partial charge in [0.1, 0.15) is 6.10 Å². The first-order valence-corrected chi connectivity index (χ1v) is 11.6.